The molecule has 2 aromatic rings. The lowest BCUT2D eigenvalue weighted by atomic mass is 10.1. The Bertz CT molecular complexity index is 750. The van der Waals surface area contributed by atoms with Crippen LogP contribution in [0.5, 0.6) is 0 Å². The standard InChI is InChI=1S/C16H15NO4S/c1-22(21)11-4-2-3-10(9-11)15(18)14-6-5-13-12(16(19)20)7-8-17(13)14/h2-6,9,12H,7-8H2,1H3,(H,19,20). The lowest BCUT2D eigenvalue weighted by Crippen LogP contribution is -2.10. The number of hydrogen-bond acceptors (Lipinski definition) is 3. The summed E-state index contributed by atoms with van der Waals surface area (Å²) in [6, 6.07) is 10.1. The molecular weight excluding hydrogens is 302 g/mol. The number of aromatic nitrogens is 1. The summed E-state index contributed by atoms with van der Waals surface area (Å²) in [6.45, 7) is 0.528. The van der Waals surface area contributed by atoms with Gasteiger partial charge in [-0.3, -0.25) is 9.59 Å². The molecule has 0 saturated carbocycles. The molecule has 3 rings (SSSR count). The molecule has 5 nitrogen and oxygen atoms in total. The first-order valence-corrected chi connectivity index (χ1v) is 8.45. The largest absolute Gasteiger partial charge is 0.612 e. The average molecular weight is 317 g/mol. The van der Waals surface area contributed by atoms with Crippen molar-refractivity contribution in [2.24, 2.45) is 0 Å². The van der Waals surface area contributed by atoms with Crippen molar-refractivity contribution in [3.8, 4) is 0 Å². The van der Waals surface area contributed by atoms with E-state index >= 15 is 0 Å². The number of rotatable bonds is 4. The molecule has 0 amide bonds. The van der Waals surface area contributed by atoms with Gasteiger partial charge in [-0.25, -0.2) is 0 Å². The summed E-state index contributed by atoms with van der Waals surface area (Å²) in [4.78, 5) is 24.5. The molecule has 1 aliphatic heterocycles. The Morgan fingerprint density at radius 2 is 2.09 bits per heavy atom. The van der Waals surface area contributed by atoms with Crippen molar-refractivity contribution in [3.63, 3.8) is 0 Å². The third-order valence-electron chi connectivity index (χ3n) is 3.97. The fraction of sp³-hybridized carbons (Fsp3) is 0.250. The molecule has 0 aliphatic carbocycles. The smallest absolute Gasteiger partial charge is 0.312 e. The zero-order valence-corrected chi connectivity index (χ0v) is 12.8. The van der Waals surface area contributed by atoms with E-state index in [1.54, 1.807) is 47.2 Å². The number of fused-ring (bicyclic) bond motifs is 1. The summed E-state index contributed by atoms with van der Waals surface area (Å²) in [5, 5.41) is 9.19. The number of carboxylic acids is 1. The second-order valence-corrected chi connectivity index (χ2v) is 6.67. The maximum absolute atomic E-state index is 12.7. The molecule has 0 fully saturated rings. The molecule has 0 saturated heterocycles. The SMILES string of the molecule is C[S+]([O-])c1cccc(C(=O)c2ccc3n2CCC3C(=O)O)c1. The molecule has 2 heterocycles. The summed E-state index contributed by atoms with van der Waals surface area (Å²) in [5.41, 5.74) is 1.62. The number of aliphatic carboxylic acids is 1. The van der Waals surface area contributed by atoms with Crippen molar-refractivity contribution in [2.45, 2.75) is 23.8 Å². The third-order valence-corrected chi connectivity index (χ3v) is 4.89. The van der Waals surface area contributed by atoms with Gasteiger partial charge in [-0.15, -0.1) is 0 Å². The highest BCUT2D eigenvalue weighted by molar-refractivity contribution is 7.90. The van der Waals surface area contributed by atoms with Crippen molar-refractivity contribution in [1.29, 1.82) is 0 Å². The van der Waals surface area contributed by atoms with Gasteiger partial charge in [-0.05, 0) is 35.8 Å². The molecule has 22 heavy (non-hydrogen) atoms. The summed E-state index contributed by atoms with van der Waals surface area (Å²) < 4.78 is 13.3. The summed E-state index contributed by atoms with van der Waals surface area (Å²) in [6.07, 6.45) is 2.07. The van der Waals surface area contributed by atoms with E-state index in [0.29, 0.717) is 34.8 Å². The van der Waals surface area contributed by atoms with Gasteiger partial charge >= 0.3 is 5.97 Å². The minimum atomic E-state index is -1.15. The first kappa shape index (κ1) is 14.9. The number of ketones is 1. The van der Waals surface area contributed by atoms with Crippen LogP contribution in [0.1, 0.15) is 34.1 Å². The van der Waals surface area contributed by atoms with Gasteiger partial charge in [0, 0.05) is 23.9 Å². The first-order chi connectivity index (χ1) is 10.5. The Balaban J connectivity index is 1.96. The van der Waals surface area contributed by atoms with Crippen molar-refractivity contribution in [1.82, 2.24) is 4.57 Å². The Morgan fingerprint density at radius 1 is 1.32 bits per heavy atom. The van der Waals surface area contributed by atoms with Gasteiger partial charge in [0.05, 0.1) is 11.6 Å². The van der Waals surface area contributed by atoms with Gasteiger partial charge in [0.15, 0.2) is 4.90 Å². The Morgan fingerprint density at radius 3 is 2.77 bits per heavy atom. The lowest BCUT2D eigenvalue weighted by Gasteiger charge is -2.08. The fourth-order valence-electron chi connectivity index (χ4n) is 2.86. The maximum Gasteiger partial charge on any atom is 0.312 e. The number of carboxylic acid groups (broad SMARTS) is 1. The van der Waals surface area contributed by atoms with Crippen molar-refractivity contribution in [3.05, 3.63) is 53.3 Å². The summed E-state index contributed by atoms with van der Waals surface area (Å²) >= 11 is -1.15. The van der Waals surface area contributed by atoms with E-state index in [4.69, 9.17) is 0 Å². The number of nitrogens with zero attached hydrogens (tertiary/aromatic N) is 1. The van der Waals surface area contributed by atoms with Crippen LogP contribution < -0.4 is 0 Å². The van der Waals surface area contributed by atoms with Gasteiger partial charge < -0.3 is 14.2 Å². The molecule has 2 unspecified atom stereocenters. The molecule has 0 bridgehead atoms. The van der Waals surface area contributed by atoms with Crippen LogP contribution in [-0.2, 0) is 22.5 Å². The molecular formula is C16H15NO4S. The van der Waals surface area contributed by atoms with Gasteiger partial charge in [-0.2, -0.15) is 0 Å². The molecule has 2 atom stereocenters. The van der Waals surface area contributed by atoms with Gasteiger partial charge in [0.1, 0.15) is 6.26 Å². The number of carbonyl (C=O) groups excluding carboxylic acids is 1. The van der Waals surface area contributed by atoms with E-state index in [1.807, 2.05) is 0 Å². The van der Waals surface area contributed by atoms with Crippen molar-refractivity contribution in [2.75, 3.05) is 6.26 Å². The molecule has 1 aromatic carbocycles. The monoisotopic (exact) mass is 317 g/mol. The highest BCUT2D eigenvalue weighted by atomic mass is 32.2. The second kappa shape index (κ2) is 5.62. The lowest BCUT2D eigenvalue weighted by molar-refractivity contribution is -0.138. The Kier molecular flexibility index (Phi) is 3.80. The molecule has 1 N–H and O–H groups in total. The number of hydrogen-bond donors (Lipinski definition) is 1. The van der Waals surface area contributed by atoms with E-state index in [0.717, 1.165) is 0 Å². The highest BCUT2D eigenvalue weighted by Crippen LogP contribution is 2.31. The average Bonchev–Trinajstić information content (AvgIpc) is 3.07. The highest BCUT2D eigenvalue weighted by Gasteiger charge is 2.31. The zero-order valence-electron chi connectivity index (χ0n) is 12.0. The summed E-state index contributed by atoms with van der Waals surface area (Å²) in [5.74, 6) is -1.58. The first-order valence-electron chi connectivity index (χ1n) is 6.89. The third kappa shape index (κ3) is 2.44. The van der Waals surface area contributed by atoms with Crippen LogP contribution in [0, 0.1) is 0 Å². The van der Waals surface area contributed by atoms with Crippen LogP contribution in [0.25, 0.3) is 0 Å². The molecule has 1 aromatic heterocycles. The predicted octanol–water partition coefficient (Wildman–Crippen LogP) is 2.03. The van der Waals surface area contributed by atoms with Crippen LogP contribution in [0.15, 0.2) is 41.3 Å². The van der Waals surface area contributed by atoms with Gasteiger partial charge in [0.25, 0.3) is 0 Å². The molecule has 1 aliphatic rings. The van der Waals surface area contributed by atoms with E-state index < -0.39 is 23.1 Å². The zero-order chi connectivity index (χ0) is 15.9. The van der Waals surface area contributed by atoms with Crippen LogP contribution in [0.2, 0.25) is 0 Å². The Labute approximate surface area is 130 Å². The van der Waals surface area contributed by atoms with Crippen molar-refractivity contribution < 1.29 is 19.2 Å². The second-order valence-electron chi connectivity index (χ2n) is 5.29. The van der Waals surface area contributed by atoms with E-state index in [9.17, 15) is 19.2 Å². The van der Waals surface area contributed by atoms with Gasteiger partial charge in [0.2, 0.25) is 5.78 Å². The van der Waals surface area contributed by atoms with Crippen LogP contribution >= 0.6 is 0 Å². The van der Waals surface area contributed by atoms with E-state index in [-0.39, 0.29) is 5.78 Å². The van der Waals surface area contributed by atoms with Crippen LogP contribution in [0.4, 0.5) is 0 Å². The van der Waals surface area contributed by atoms with Crippen molar-refractivity contribution >= 4 is 22.9 Å². The quantitative estimate of drug-likeness (QED) is 0.691. The normalized spacial score (nSPS) is 18.0. The van der Waals surface area contributed by atoms with E-state index in [2.05, 4.69) is 0 Å². The number of benzene rings is 1. The fourth-order valence-corrected chi connectivity index (χ4v) is 3.42. The maximum atomic E-state index is 12.7. The minimum Gasteiger partial charge on any atom is -0.612 e. The van der Waals surface area contributed by atoms with Crippen LogP contribution in [0.3, 0.4) is 0 Å². The number of carbonyl (C=O) groups is 2. The van der Waals surface area contributed by atoms with Gasteiger partial charge in [-0.1, -0.05) is 12.1 Å². The minimum absolute atomic E-state index is 0.176. The topological polar surface area (TPSA) is 82.4 Å². The molecule has 6 heteroatoms. The summed E-state index contributed by atoms with van der Waals surface area (Å²) in [7, 11) is 0. The van der Waals surface area contributed by atoms with Crippen LogP contribution in [-0.4, -0.2) is 32.2 Å². The Hall–Kier alpha value is -2.05. The predicted molar refractivity (Wildman–Crippen MR) is 81.6 cm³/mol. The van der Waals surface area contributed by atoms with E-state index in [1.165, 1.54) is 0 Å². The molecule has 114 valence electrons. The molecule has 0 radical (unpaired) electrons. The molecule has 0 spiro atoms.